The van der Waals surface area contributed by atoms with Gasteiger partial charge in [0.1, 0.15) is 5.75 Å². The zero-order valence-electron chi connectivity index (χ0n) is 14.8. The van der Waals surface area contributed by atoms with E-state index in [1.54, 1.807) is 0 Å². The SMILES string of the molecule is O=C(NCC1(N2CCOCC2)CCCCC1)C1Cc2ccccc2O1. The smallest absolute Gasteiger partial charge is 0.261 e. The predicted molar refractivity (Wildman–Crippen MR) is 95.8 cm³/mol. The quantitative estimate of drug-likeness (QED) is 0.909. The first-order chi connectivity index (χ1) is 12.3. The molecule has 0 spiro atoms. The van der Waals surface area contributed by atoms with E-state index in [-0.39, 0.29) is 17.6 Å². The minimum absolute atomic E-state index is 0.0226. The number of para-hydroxylation sites is 1. The van der Waals surface area contributed by atoms with Crippen LogP contribution in [0.3, 0.4) is 0 Å². The summed E-state index contributed by atoms with van der Waals surface area (Å²) in [6.07, 6.45) is 6.42. The van der Waals surface area contributed by atoms with Crippen LogP contribution in [0.5, 0.6) is 5.75 Å². The number of hydrogen-bond donors (Lipinski definition) is 1. The van der Waals surface area contributed by atoms with Crippen LogP contribution >= 0.6 is 0 Å². The number of rotatable bonds is 4. The predicted octanol–water partition coefficient (Wildman–Crippen LogP) is 2.14. The van der Waals surface area contributed by atoms with Gasteiger partial charge in [0.25, 0.3) is 5.91 Å². The number of fused-ring (bicyclic) bond motifs is 1. The summed E-state index contributed by atoms with van der Waals surface area (Å²) in [6, 6.07) is 7.93. The molecule has 1 unspecified atom stereocenters. The highest BCUT2D eigenvalue weighted by Gasteiger charge is 2.39. The first kappa shape index (κ1) is 16.9. The Hall–Kier alpha value is -1.59. The molecule has 2 fully saturated rings. The fourth-order valence-electron chi connectivity index (χ4n) is 4.55. The van der Waals surface area contributed by atoms with Crippen molar-refractivity contribution in [1.29, 1.82) is 0 Å². The lowest BCUT2D eigenvalue weighted by Crippen LogP contribution is -2.60. The van der Waals surface area contributed by atoms with Crippen LogP contribution in [-0.2, 0) is 16.0 Å². The Bertz CT molecular complexity index is 582. The molecule has 1 N–H and O–H groups in total. The lowest BCUT2D eigenvalue weighted by atomic mass is 9.79. The number of nitrogens with zero attached hydrogens (tertiary/aromatic N) is 1. The Morgan fingerprint density at radius 2 is 1.92 bits per heavy atom. The normalized spacial score (nSPS) is 25.8. The average Bonchev–Trinajstić information content (AvgIpc) is 3.12. The van der Waals surface area contributed by atoms with E-state index in [1.165, 1.54) is 32.1 Å². The Morgan fingerprint density at radius 1 is 1.16 bits per heavy atom. The molecule has 3 aliphatic rings. The molecule has 0 radical (unpaired) electrons. The van der Waals surface area contributed by atoms with Crippen molar-refractivity contribution in [2.75, 3.05) is 32.8 Å². The molecule has 1 aromatic rings. The fourth-order valence-corrected chi connectivity index (χ4v) is 4.55. The number of carbonyl (C=O) groups is 1. The van der Waals surface area contributed by atoms with Gasteiger partial charge in [-0.1, -0.05) is 37.5 Å². The molecule has 4 rings (SSSR count). The molecule has 5 heteroatoms. The molecule has 1 amide bonds. The van der Waals surface area contributed by atoms with Gasteiger partial charge in [0, 0.05) is 31.6 Å². The average molecular weight is 344 g/mol. The third-order valence-electron chi connectivity index (χ3n) is 6.00. The summed E-state index contributed by atoms with van der Waals surface area (Å²) in [5.41, 5.74) is 1.23. The number of ether oxygens (including phenoxy) is 2. The number of hydrogen-bond acceptors (Lipinski definition) is 4. The van der Waals surface area contributed by atoms with Gasteiger partial charge in [-0.15, -0.1) is 0 Å². The van der Waals surface area contributed by atoms with E-state index in [0.717, 1.165) is 44.2 Å². The van der Waals surface area contributed by atoms with E-state index in [4.69, 9.17) is 9.47 Å². The molecule has 136 valence electrons. The zero-order chi connectivity index (χ0) is 17.1. The third-order valence-corrected chi connectivity index (χ3v) is 6.00. The van der Waals surface area contributed by atoms with Crippen LogP contribution in [0.1, 0.15) is 37.7 Å². The van der Waals surface area contributed by atoms with Crippen molar-refractivity contribution < 1.29 is 14.3 Å². The highest BCUT2D eigenvalue weighted by atomic mass is 16.5. The summed E-state index contributed by atoms with van der Waals surface area (Å²) < 4.78 is 11.4. The van der Waals surface area contributed by atoms with Gasteiger partial charge in [-0.3, -0.25) is 9.69 Å². The minimum atomic E-state index is -0.386. The summed E-state index contributed by atoms with van der Waals surface area (Å²) in [5, 5.41) is 3.22. The van der Waals surface area contributed by atoms with Crippen molar-refractivity contribution in [3.63, 3.8) is 0 Å². The molecular formula is C20H28N2O3. The Morgan fingerprint density at radius 3 is 2.68 bits per heavy atom. The van der Waals surface area contributed by atoms with Gasteiger partial charge in [-0.05, 0) is 24.5 Å². The highest BCUT2D eigenvalue weighted by molar-refractivity contribution is 5.82. The summed E-state index contributed by atoms with van der Waals surface area (Å²) in [5.74, 6) is 0.873. The molecule has 1 aliphatic carbocycles. The van der Waals surface area contributed by atoms with Crippen molar-refractivity contribution in [2.45, 2.75) is 50.2 Å². The fraction of sp³-hybridized carbons (Fsp3) is 0.650. The molecule has 2 heterocycles. The van der Waals surface area contributed by atoms with Crippen molar-refractivity contribution >= 4 is 5.91 Å². The number of morpholine rings is 1. The summed E-state index contributed by atoms with van der Waals surface area (Å²) >= 11 is 0. The highest BCUT2D eigenvalue weighted by Crippen LogP contribution is 2.34. The van der Waals surface area contributed by atoms with Crippen LogP contribution in [0.4, 0.5) is 0 Å². The molecule has 1 saturated heterocycles. The maximum atomic E-state index is 12.7. The second-order valence-electron chi connectivity index (χ2n) is 7.52. The molecule has 5 nitrogen and oxygen atoms in total. The first-order valence-corrected chi connectivity index (χ1v) is 9.62. The van der Waals surface area contributed by atoms with Crippen LogP contribution in [0.15, 0.2) is 24.3 Å². The van der Waals surface area contributed by atoms with Gasteiger partial charge in [0.15, 0.2) is 6.10 Å². The van der Waals surface area contributed by atoms with Crippen LogP contribution in [0.25, 0.3) is 0 Å². The van der Waals surface area contributed by atoms with E-state index in [2.05, 4.69) is 10.2 Å². The second-order valence-corrected chi connectivity index (χ2v) is 7.52. The zero-order valence-corrected chi connectivity index (χ0v) is 14.8. The van der Waals surface area contributed by atoms with Crippen molar-refractivity contribution in [3.8, 4) is 5.75 Å². The van der Waals surface area contributed by atoms with Gasteiger partial charge < -0.3 is 14.8 Å². The standard InChI is InChI=1S/C20H28N2O3/c23-19(18-14-16-6-2-3-7-17(16)25-18)21-15-20(8-4-1-5-9-20)22-10-12-24-13-11-22/h2-3,6-7,18H,1,4-5,8-15H2,(H,21,23). The Balaban J connectivity index is 1.39. The van der Waals surface area contributed by atoms with E-state index < -0.39 is 0 Å². The molecule has 2 aliphatic heterocycles. The molecule has 1 atom stereocenters. The number of nitrogens with one attached hydrogen (secondary N) is 1. The monoisotopic (exact) mass is 344 g/mol. The van der Waals surface area contributed by atoms with E-state index in [0.29, 0.717) is 6.42 Å². The van der Waals surface area contributed by atoms with Crippen molar-refractivity contribution in [3.05, 3.63) is 29.8 Å². The van der Waals surface area contributed by atoms with E-state index in [9.17, 15) is 4.79 Å². The topological polar surface area (TPSA) is 50.8 Å². The van der Waals surface area contributed by atoms with Gasteiger partial charge in [0.2, 0.25) is 0 Å². The minimum Gasteiger partial charge on any atom is -0.480 e. The van der Waals surface area contributed by atoms with Crippen LogP contribution in [0.2, 0.25) is 0 Å². The lowest BCUT2D eigenvalue weighted by molar-refractivity contribution is -0.128. The van der Waals surface area contributed by atoms with Gasteiger partial charge in [0.05, 0.1) is 13.2 Å². The third kappa shape index (κ3) is 3.53. The summed E-state index contributed by atoms with van der Waals surface area (Å²) in [7, 11) is 0. The molecule has 1 saturated carbocycles. The van der Waals surface area contributed by atoms with Crippen LogP contribution < -0.4 is 10.1 Å². The Labute approximate surface area is 149 Å². The van der Waals surface area contributed by atoms with Crippen molar-refractivity contribution in [2.24, 2.45) is 0 Å². The van der Waals surface area contributed by atoms with Crippen LogP contribution in [-0.4, -0.2) is 55.3 Å². The van der Waals surface area contributed by atoms with Crippen LogP contribution in [0, 0.1) is 0 Å². The number of amides is 1. The largest absolute Gasteiger partial charge is 0.480 e. The molecule has 0 aromatic heterocycles. The summed E-state index contributed by atoms with van der Waals surface area (Å²) in [4.78, 5) is 15.3. The molecule has 0 bridgehead atoms. The first-order valence-electron chi connectivity index (χ1n) is 9.62. The van der Waals surface area contributed by atoms with E-state index >= 15 is 0 Å². The number of benzene rings is 1. The van der Waals surface area contributed by atoms with E-state index in [1.807, 2.05) is 24.3 Å². The molecule has 1 aromatic carbocycles. The summed E-state index contributed by atoms with van der Waals surface area (Å²) in [6.45, 7) is 4.28. The lowest BCUT2D eigenvalue weighted by Gasteiger charge is -2.48. The maximum absolute atomic E-state index is 12.7. The second kappa shape index (κ2) is 7.34. The van der Waals surface area contributed by atoms with Crippen molar-refractivity contribution in [1.82, 2.24) is 10.2 Å². The van der Waals surface area contributed by atoms with Gasteiger partial charge in [-0.2, -0.15) is 0 Å². The van der Waals surface area contributed by atoms with Gasteiger partial charge in [-0.25, -0.2) is 0 Å². The molecule has 25 heavy (non-hydrogen) atoms. The number of carbonyl (C=O) groups excluding carboxylic acids is 1. The maximum Gasteiger partial charge on any atom is 0.261 e. The van der Waals surface area contributed by atoms with Gasteiger partial charge >= 0.3 is 0 Å². The Kier molecular flexibility index (Phi) is 4.95. The molecular weight excluding hydrogens is 316 g/mol.